The van der Waals surface area contributed by atoms with Gasteiger partial charge in [-0.25, -0.2) is 4.68 Å². The zero-order valence-electron chi connectivity index (χ0n) is 13.5. The highest BCUT2D eigenvalue weighted by Crippen LogP contribution is 2.28. The van der Waals surface area contributed by atoms with Gasteiger partial charge in [0.15, 0.2) is 5.69 Å². The lowest BCUT2D eigenvalue weighted by atomic mass is 9.91. The summed E-state index contributed by atoms with van der Waals surface area (Å²) in [6.07, 6.45) is 0.142. The van der Waals surface area contributed by atoms with Gasteiger partial charge in [0.25, 0.3) is 5.91 Å². The molecule has 1 aliphatic carbocycles. The summed E-state index contributed by atoms with van der Waals surface area (Å²) in [4.78, 5) is 12.4. The molecule has 25 heavy (non-hydrogen) atoms. The standard InChI is InChI=1S/C17H19F3N4O/c18-17(19,20)15-8-9-24(23-15)14-3-1-2-11(10-14)16(25)22-13-6-4-12(21)5-7-13/h1-3,8-10,12-13H,4-7,21H2,(H,22,25). The summed E-state index contributed by atoms with van der Waals surface area (Å²) in [5.74, 6) is -0.245. The van der Waals surface area contributed by atoms with Crippen molar-refractivity contribution in [3.05, 3.63) is 47.8 Å². The van der Waals surface area contributed by atoms with E-state index in [1.165, 1.54) is 12.3 Å². The van der Waals surface area contributed by atoms with Gasteiger partial charge in [0, 0.05) is 23.8 Å². The molecule has 1 amide bonds. The van der Waals surface area contributed by atoms with Crippen LogP contribution >= 0.6 is 0 Å². The minimum atomic E-state index is -4.50. The highest BCUT2D eigenvalue weighted by molar-refractivity contribution is 5.94. The number of nitrogens with zero attached hydrogens (tertiary/aromatic N) is 2. The Morgan fingerprint density at radius 2 is 1.92 bits per heavy atom. The average Bonchev–Trinajstić information content (AvgIpc) is 3.07. The smallest absolute Gasteiger partial charge is 0.349 e. The Hall–Kier alpha value is -2.35. The third-order valence-electron chi connectivity index (χ3n) is 4.36. The van der Waals surface area contributed by atoms with Crippen LogP contribution in [0.5, 0.6) is 0 Å². The van der Waals surface area contributed by atoms with E-state index >= 15 is 0 Å². The number of aromatic nitrogens is 2. The molecule has 1 aromatic heterocycles. The lowest BCUT2D eigenvalue weighted by molar-refractivity contribution is -0.141. The third kappa shape index (κ3) is 4.19. The molecule has 3 N–H and O–H groups in total. The number of carbonyl (C=O) groups is 1. The first-order valence-corrected chi connectivity index (χ1v) is 8.12. The summed E-state index contributed by atoms with van der Waals surface area (Å²) in [5, 5.41) is 6.48. The second kappa shape index (κ2) is 6.87. The number of nitrogens with two attached hydrogens (primary N) is 1. The molecule has 0 spiro atoms. The maximum Gasteiger partial charge on any atom is 0.435 e. The summed E-state index contributed by atoms with van der Waals surface area (Å²) in [6, 6.07) is 7.55. The highest BCUT2D eigenvalue weighted by Gasteiger charge is 2.33. The van der Waals surface area contributed by atoms with Gasteiger partial charge in [0.2, 0.25) is 0 Å². The van der Waals surface area contributed by atoms with E-state index in [0.717, 1.165) is 36.4 Å². The zero-order chi connectivity index (χ0) is 18.0. The molecule has 134 valence electrons. The van der Waals surface area contributed by atoms with Crippen molar-refractivity contribution in [1.82, 2.24) is 15.1 Å². The third-order valence-corrected chi connectivity index (χ3v) is 4.36. The van der Waals surface area contributed by atoms with Gasteiger partial charge in [-0.1, -0.05) is 6.07 Å². The number of hydrogen-bond acceptors (Lipinski definition) is 3. The molecule has 0 radical (unpaired) electrons. The van der Waals surface area contributed by atoms with Crippen molar-refractivity contribution < 1.29 is 18.0 Å². The molecule has 0 atom stereocenters. The van der Waals surface area contributed by atoms with E-state index in [1.54, 1.807) is 18.2 Å². The van der Waals surface area contributed by atoms with Crippen LogP contribution in [0.3, 0.4) is 0 Å². The monoisotopic (exact) mass is 352 g/mol. The van der Waals surface area contributed by atoms with Crippen LogP contribution in [0.25, 0.3) is 5.69 Å². The Bertz CT molecular complexity index is 748. The zero-order valence-corrected chi connectivity index (χ0v) is 13.5. The largest absolute Gasteiger partial charge is 0.435 e. The molecule has 2 aromatic rings. The fourth-order valence-electron chi connectivity index (χ4n) is 2.94. The van der Waals surface area contributed by atoms with Gasteiger partial charge in [0.1, 0.15) is 0 Å². The Balaban J connectivity index is 1.73. The van der Waals surface area contributed by atoms with Crippen LogP contribution in [0.2, 0.25) is 0 Å². The number of carbonyl (C=O) groups excluding carboxylic acids is 1. The first-order valence-electron chi connectivity index (χ1n) is 8.12. The van der Waals surface area contributed by atoms with Gasteiger partial charge in [-0.2, -0.15) is 18.3 Å². The molecule has 1 fully saturated rings. The summed E-state index contributed by atoms with van der Waals surface area (Å²) >= 11 is 0. The SMILES string of the molecule is NC1CCC(NC(=O)c2cccc(-n3ccc(C(F)(F)F)n3)c2)CC1. The quantitative estimate of drug-likeness (QED) is 0.892. The molecular weight excluding hydrogens is 333 g/mol. The van der Waals surface area contributed by atoms with Gasteiger partial charge in [-0.3, -0.25) is 4.79 Å². The highest BCUT2D eigenvalue weighted by atomic mass is 19.4. The van der Waals surface area contributed by atoms with E-state index < -0.39 is 11.9 Å². The van der Waals surface area contributed by atoms with Crippen LogP contribution in [0.4, 0.5) is 13.2 Å². The van der Waals surface area contributed by atoms with Crippen LogP contribution in [0.15, 0.2) is 36.5 Å². The summed E-state index contributed by atoms with van der Waals surface area (Å²) in [7, 11) is 0. The second-order valence-corrected chi connectivity index (χ2v) is 6.28. The Kier molecular flexibility index (Phi) is 4.80. The van der Waals surface area contributed by atoms with E-state index in [4.69, 9.17) is 5.73 Å². The van der Waals surface area contributed by atoms with E-state index in [-0.39, 0.29) is 18.0 Å². The normalized spacial score (nSPS) is 21.1. The number of benzene rings is 1. The Morgan fingerprint density at radius 3 is 2.56 bits per heavy atom. The van der Waals surface area contributed by atoms with Crippen LogP contribution in [-0.4, -0.2) is 27.8 Å². The first-order chi connectivity index (χ1) is 11.8. The van der Waals surface area contributed by atoms with E-state index in [2.05, 4.69) is 10.4 Å². The predicted molar refractivity (Wildman–Crippen MR) is 86.3 cm³/mol. The van der Waals surface area contributed by atoms with Gasteiger partial charge in [-0.15, -0.1) is 0 Å². The van der Waals surface area contributed by atoms with Crippen molar-refractivity contribution in [2.75, 3.05) is 0 Å². The number of nitrogens with one attached hydrogen (secondary N) is 1. The summed E-state index contributed by atoms with van der Waals surface area (Å²) in [6.45, 7) is 0. The second-order valence-electron chi connectivity index (χ2n) is 6.28. The van der Waals surface area contributed by atoms with Crippen molar-refractivity contribution in [3.8, 4) is 5.69 Å². The van der Waals surface area contributed by atoms with Crippen molar-refractivity contribution in [1.29, 1.82) is 0 Å². The number of alkyl halides is 3. The fraction of sp³-hybridized carbons (Fsp3) is 0.412. The van der Waals surface area contributed by atoms with Gasteiger partial charge < -0.3 is 11.1 Å². The maximum absolute atomic E-state index is 12.7. The van der Waals surface area contributed by atoms with Gasteiger partial charge in [0.05, 0.1) is 5.69 Å². The maximum atomic E-state index is 12.7. The Labute approximate surface area is 143 Å². The first kappa shape index (κ1) is 17.5. The fourth-order valence-corrected chi connectivity index (χ4v) is 2.94. The molecular formula is C17H19F3N4O. The minimum absolute atomic E-state index is 0.0810. The molecule has 3 rings (SSSR count). The molecule has 8 heteroatoms. The molecule has 0 bridgehead atoms. The lowest BCUT2D eigenvalue weighted by Crippen LogP contribution is -2.40. The number of rotatable bonds is 3. The van der Waals surface area contributed by atoms with Crippen LogP contribution < -0.4 is 11.1 Å². The average molecular weight is 352 g/mol. The molecule has 1 heterocycles. The minimum Gasteiger partial charge on any atom is -0.349 e. The molecule has 5 nitrogen and oxygen atoms in total. The van der Waals surface area contributed by atoms with Crippen molar-refractivity contribution in [2.45, 2.75) is 43.9 Å². The molecule has 0 aliphatic heterocycles. The molecule has 1 saturated carbocycles. The molecule has 1 aromatic carbocycles. The number of halogens is 3. The van der Waals surface area contributed by atoms with Crippen molar-refractivity contribution >= 4 is 5.91 Å². The molecule has 1 aliphatic rings. The van der Waals surface area contributed by atoms with Gasteiger partial charge >= 0.3 is 6.18 Å². The summed E-state index contributed by atoms with van der Waals surface area (Å²) < 4.78 is 39.1. The van der Waals surface area contributed by atoms with Crippen LogP contribution in [-0.2, 0) is 6.18 Å². The topological polar surface area (TPSA) is 72.9 Å². The molecule has 0 saturated heterocycles. The summed E-state index contributed by atoms with van der Waals surface area (Å²) in [5.41, 5.74) is 5.66. The van der Waals surface area contributed by atoms with E-state index in [1.807, 2.05) is 0 Å². The van der Waals surface area contributed by atoms with Crippen LogP contribution in [0, 0.1) is 0 Å². The lowest BCUT2D eigenvalue weighted by Gasteiger charge is -2.26. The van der Waals surface area contributed by atoms with Crippen LogP contribution in [0.1, 0.15) is 41.7 Å². The van der Waals surface area contributed by atoms with E-state index in [0.29, 0.717) is 11.3 Å². The Morgan fingerprint density at radius 1 is 1.20 bits per heavy atom. The molecule has 0 unspecified atom stereocenters. The van der Waals surface area contributed by atoms with Crippen molar-refractivity contribution in [2.24, 2.45) is 5.73 Å². The number of amides is 1. The van der Waals surface area contributed by atoms with Crippen molar-refractivity contribution in [3.63, 3.8) is 0 Å². The number of hydrogen-bond donors (Lipinski definition) is 2. The van der Waals surface area contributed by atoms with Gasteiger partial charge in [-0.05, 0) is 49.9 Å². The van der Waals surface area contributed by atoms with E-state index in [9.17, 15) is 18.0 Å². The predicted octanol–water partition coefficient (Wildman–Crippen LogP) is 2.89.